The number of hydrogen-bond donors (Lipinski definition) is 0. The second kappa shape index (κ2) is 4.82. The highest BCUT2D eigenvalue weighted by Crippen LogP contribution is 2.21. The maximum atomic E-state index is 12.6. The second-order valence-corrected chi connectivity index (χ2v) is 6.41. The smallest absolute Gasteiger partial charge is 0.269 e. The third-order valence-electron chi connectivity index (χ3n) is 3.16. The third kappa shape index (κ3) is 2.23. The molecule has 3 aromatic rings. The van der Waals surface area contributed by atoms with Crippen LogP contribution in [0, 0.1) is 0 Å². The summed E-state index contributed by atoms with van der Waals surface area (Å²) >= 11 is 0. The van der Waals surface area contributed by atoms with Crippen LogP contribution in [0.4, 0.5) is 0 Å². The van der Waals surface area contributed by atoms with Crippen molar-refractivity contribution in [2.24, 2.45) is 0 Å². The number of Topliss-reactive ketones (excluding diaryl/α,β-unsaturated/α-hetero) is 1. The van der Waals surface area contributed by atoms with Gasteiger partial charge in [-0.05, 0) is 30.3 Å². The molecule has 0 amide bonds. The largest absolute Gasteiger partial charge is 0.293 e. The predicted molar refractivity (Wildman–Crippen MR) is 78.8 cm³/mol. The molecule has 0 saturated heterocycles. The van der Waals surface area contributed by atoms with Crippen molar-refractivity contribution in [1.82, 2.24) is 8.96 Å². The van der Waals surface area contributed by atoms with Gasteiger partial charge in [0.2, 0.25) is 0 Å². The van der Waals surface area contributed by atoms with E-state index in [-0.39, 0.29) is 22.0 Å². The Morgan fingerprint density at radius 1 is 1.05 bits per heavy atom. The average Bonchev–Trinajstić information content (AvgIpc) is 2.91. The van der Waals surface area contributed by atoms with Crippen LogP contribution in [0.3, 0.4) is 0 Å². The first-order chi connectivity index (χ1) is 10.00. The molecule has 0 aliphatic heterocycles. The van der Waals surface area contributed by atoms with Crippen molar-refractivity contribution in [3.8, 4) is 0 Å². The van der Waals surface area contributed by atoms with Crippen LogP contribution in [0.25, 0.3) is 11.0 Å². The minimum absolute atomic E-state index is 0.178. The number of rotatable bonds is 3. The van der Waals surface area contributed by atoms with Crippen molar-refractivity contribution in [2.45, 2.75) is 11.8 Å². The minimum Gasteiger partial charge on any atom is -0.293 e. The number of benzene rings is 1. The lowest BCUT2D eigenvalue weighted by molar-refractivity contribution is 0.101. The van der Waals surface area contributed by atoms with E-state index in [1.807, 2.05) is 0 Å². The molecule has 1 aromatic carbocycles. The Labute approximate surface area is 121 Å². The van der Waals surface area contributed by atoms with E-state index in [1.165, 1.54) is 25.3 Å². The standard InChI is InChI=1S/C15H12N2O3S/c1-11(18)14-8-7-12-9-10-17(15(12)16-14)21(19,20)13-5-3-2-4-6-13/h2-10H,1H3. The first-order valence-corrected chi connectivity index (χ1v) is 7.74. The van der Waals surface area contributed by atoms with Crippen LogP contribution in [0.2, 0.25) is 0 Å². The number of hydrogen-bond acceptors (Lipinski definition) is 4. The van der Waals surface area contributed by atoms with E-state index in [0.717, 1.165) is 3.97 Å². The molecule has 0 aliphatic carbocycles. The molecule has 0 saturated carbocycles. The van der Waals surface area contributed by atoms with Crippen LogP contribution < -0.4 is 0 Å². The Morgan fingerprint density at radius 2 is 1.76 bits per heavy atom. The summed E-state index contributed by atoms with van der Waals surface area (Å²) in [4.78, 5) is 15.8. The number of carbonyl (C=O) groups excluding carboxylic acids is 1. The molecule has 0 radical (unpaired) electrons. The number of fused-ring (bicyclic) bond motifs is 1. The van der Waals surface area contributed by atoms with Crippen molar-refractivity contribution in [1.29, 1.82) is 0 Å². The lowest BCUT2D eigenvalue weighted by Gasteiger charge is -2.07. The lowest BCUT2D eigenvalue weighted by atomic mass is 10.2. The Morgan fingerprint density at radius 3 is 2.43 bits per heavy atom. The summed E-state index contributed by atoms with van der Waals surface area (Å²) in [7, 11) is -3.72. The Balaban J connectivity index is 2.26. The summed E-state index contributed by atoms with van der Waals surface area (Å²) < 4.78 is 26.4. The van der Waals surface area contributed by atoms with Gasteiger partial charge in [-0.1, -0.05) is 18.2 Å². The van der Waals surface area contributed by atoms with Crippen LogP contribution in [0.5, 0.6) is 0 Å². The van der Waals surface area contributed by atoms with Gasteiger partial charge in [0.1, 0.15) is 5.69 Å². The fourth-order valence-electron chi connectivity index (χ4n) is 2.08. The van der Waals surface area contributed by atoms with E-state index >= 15 is 0 Å². The highest BCUT2D eigenvalue weighted by atomic mass is 32.2. The maximum absolute atomic E-state index is 12.6. The first kappa shape index (κ1) is 13.5. The summed E-state index contributed by atoms with van der Waals surface area (Å²) in [5.41, 5.74) is 0.497. The van der Waals surface area contributed by atoms with E-state index in [2.05, 4.69) is 4.98 Å². The fraction of sp³-hybridized carbons (Fsp3) is 0.0667. The molecule has 21 heavy (non-hydrogen) atoms. The van der Waals surface area contributed by atoms with Gasteiger partial charge >= 0.3 is 0 Å². The molecule has 0 unspecified atom stereocenters. The Bertz CT molecular complexity index is 928. The van der Waals surface area contributed by atoms with E-state index in [4.69, 9.17) is 0 Å². The van der Waals surface area contributed by atoms with Crippen LogP contribution >= 0.6 is 0 Å². The van der Waals surface area contributed by atoms with Crippen molar-refractivity contribution < 1.29 is 13.2 Å². The number of nitrogens with zero attached hydrogens (tertiary/aromatic N) is 2. The van der Waals surface area contributed by atoms with Crippen molar-refractivity contribution in [3.63, 3.8) is 0 Å². The van der Waals surface area contributed by atoms with Crippen LogP contribution in [0.15, 0.2) is 59.6 Å². The van der Waals surface area contributed by atoms with Crippen molar-refractivity contribution in [3.05, 3.63) is 60.4 Å². The monoisotopic (exact) mass is 300 g/mol. The van der Waals surface area contributed by atoms with Gasteiger partial charge in [-0.25, -0.2) is 17.4 Å². The number of carbonyl (C=O) groups is 1. The fourth-order valence-corrected chi connectivity index (χ4v) is 3.40. The Kier molecular flexibility index (Phi) is 3.10. The molecule has 5 nitrogen and oxygen atoms in total. The lowest BCUT2D eigenvalue weighted by Crippen LogP contribution is -2.13. The summed E-state index contributed by atoms with van der Waals surface area (Å²) in [6, 6.07) is 13.1. The first-order valence-electron chi connectivity index (χ1n) is 6.30. The summed E-state index contributed by atoms with van der Waals surface area (Å²) in [6.07, 6.45) is 1.45. The highest BCUT2D eigenvalue weighted by molar-refractivity contribution is 7.90. The maximum Gasteiger partial charge on any atom is 0.269 e. The number of aromatic nitrogens is 2. The summed E-state index contributed by atoms with van der Waals surface area (Å²) in [6.45, 7) is 1.40. The van der Waals surface area contributed by atoms with Gasteiger partial charge in [-0.3, -0.25) is 4.79 Å². The molecule has 2 heterocycles. The van der Waals surface area contributed by atoms with Gasteiger partial charge in [0.15, 0.2) is 11.4 Å². The second-order valence-electron chi connectivity index (χ2n) is 4.60. The third-order valence-corrected chi connectivity index (χ3v) is 4.84. The quantitative estimate of drug-likeness (QED) is 0.697. The molecule has 106 valence electrons. The topological polar surface area (TPSA) is 69.0 Å². The summed E-state index contributed by atoms with van der Waals surface area (Å²) in [5, 5.41) is 0.666. The average molecular weight is 300 g/mol. The van der Waals surface area contributed by atoms with Gasteiger partial charge in [0.05, 0.1) is 4.90 Å². The van der Waals surface area contributed by atoms with Gasteiger partial charge in [0.25, 0.3) is 10.0 Å². The van der Waals surface area contributed by atoms with Crippen LogP contribution in [-0.2, 0) is 10.0 Å². The Hall–Kier alpha value is -2.47. The molecule has 0 N–H and O–H groups in total. The SMILES string of the molecule is CC(=O)c1ccc2ccn(S(=O)(=O)c3ccccc3)c2n1. The molecule has 0 atom stereocenters. The van der Waals surface area contributed by atoms with E-state index in [1.54, 1.807) is 36.4 Å². The van der Waals surface area contributed by atoms with Gasteiger partial charge in [-0.2, -0.15) is 0 Å². The van der Waals surface area contributed by atoms with E-state index < -0.39 is 10.0 Å². The summed E-state index contributed by atoms with van der Waals surface area (Å²) in [5.74, 6) is -0.207. The predicted octanol–water partition coefficient (Wildman–Crippen LogP) is 2.48. The molecule has 6 heteroatoms. The molecule has 0 fully saturated rings. The van der Waals surface area contributed by atoms with E-state index in [9.17, 15) is 13.2 Å². The van der Waals surface area contributed by atoms with Crippen LogP contribution in [-0.4, -0.2) is 23.2 Å². The normalized spacial score (nSPS) is 11.7. The van der Waals surface area contributed by atoms with Crippen molar-refractivity contribution in [2.75, 3.05) is 0 Å². The molecule has 3 rings (SSSR count). The van der Waals surface area contributed by atoms with Gasteiger partial charge in [0, 0.05) is 18.5 Å². The molecule has 0 spiro atoms. The molecule has 0 aliphatic rings. The number of ketones is 1. The zero-order valence-electron chi connectivity index (χ0n) is 11.2. The molecule has 0 bridgehead atoms. The van der Waals surface area contributed by atoms with E-state index in [0.29, 0.717) is 5.39 Å². The molecular weight excluding hydrogens is 288 g/mol. The van der Waals surface area contributed by atoms with Gasteiger partial charge < -0.3 is 0 Å². The minimum atomic E-state index is -3.72. The zero-order valence-corrected chi connectivity index (χ0v) is 12.0. The molecular formula is C15H12N2O3S. The zero-order chi connectivity index (χ0) is 15.0. The molecule has 2 aromatic heterocycles. The van der Waals surface area contributed by atoms with Crippen molar-refractivity contribution >= 4 is 26.8 Å². The highest BCUT2D eigenvalue weighted by Gasteiger charge is 2.19. The van der Waals surface area contributed by atoms with Gasteiger partial charge in [-0.15, -0.1) is 0 Å². The number of pyridine rings is 1. The van der Waals surface area contributed by atoms with Crippen LogP contribution in [0.1, 0.15) is 17.4 Å².